The number of anilines is 2. The summed E-state index contributed by atoms with van der Waals surface area (Å²) in [5, 5.41) is 22.9. The van der Waals surface area contributed by atoms with Gasteiger partial charge in [-0.25, -0.2) is 0 Å². The van der Waals surface area contributed by atoms with E-state index >= 15 is 0 Å². The fourth-order valence-corrected chi connectivity index (χ4v) is 4.48. The third-order valence-electron chi connectivity index (χ3n) is 5.29. The molecule has 1 aliphatic rings. The van der Waals surface area contributed by atoms with Crippen LogP contribution < -0.4 is 10.2 Å². The molecule has 1 aliphatic heterocycles. The number of nitro benzene ring substituents is 1. The van der Waals surface area contributed by atoms with Crippen LogP contribution in [0.1, 0.15) is 38.8 Å². The van der Waals surface area contributed by atoms with Crippen molar-refractivity contribution in [2.75, 3.05) is 16.8 Å². The molecule has 2 heterocycles. The fourth-order valence-electron chi connectivity index (χ4n) is 3.65. The maximum atomic E-state index is 12.6. The van der Waals surface area contributed by atoms with Gasteiger partial charge in [-0.2, -0.15) is 0 Å². The van der Waals surface area contributed by atoms with Gasteiger partial charge in [0.1, 0.15) is 5.01 Å². The minimum absolute atomic E-state index is 0.0207. The highest BCUT2D eigenvalue weighted by Crippen LogP contribution is 2.35. The molecule has 0 bridgehead atoms. The second-order valence-corrected chi connectivity index (χ2v) is 8.31. The van der Waals surface area contributed by atoms with Crippen molar-refractivity contribution in [3.63, 3.8) is 0 Å². The Morgan fingerprint density at radius 2 is 1.97 bits per heavy atom. The van der Waals surface area contributed by atoms with E-state index in [0.29, 0.717) is 18.0 Å². The summed E-state index contributed by atoms with van der Waals surface area (Å²) >= 11 is 1.21. The third kappa shape index (κ3) is 4.02. The van der Waals surface area contributed by atoms with Crippen molar-refractivity contribution in [1.29, 1.82) is 0 Å². The monoisotopic (exact) mass is 437 g/mol. The average molecular weight is 437 g/mol. The normalized spacial score (nSPS) is 15.9. The average Bonchev–Trinajstić information content (AvgIpc) is 3.35. The zero-order valence-electron chi connectivity index (χ0n) is 16.9. The molecule has 4 rings (SSSR count). The van der Waals surface area contributed by atoms with Gasteiger partial charge in [0.05, 0.1) is 4.92 Å². The second kappa shape index (κ2) is 8.23. The molecule has 1 saturated heterocycles. The summed E-state index contributed by atoms with van der Waals surface area (Å²) in [5.74, 6) is -0.588. The van der Waals surface area contributed by atoms with E-state index in [1.54, 1.807) is 4.90 Å². The first-order valence-corrected chi connectivity index (χ1v) is 10.4. The van der Waals surface area contributed by atoms with Gasteiger partial charge < -0.3 is 4.90 Å². The minimum Gasteiger partial charge on any atom is -0.311 e. The van der Waals surface area contributed by atoms with Crippen LogP contribution in [-0.4, -0.2) is 33.5 Å². The zero-order chi connectivity index (χ0) is 22.1. The van der Waals surface area contributed by atoms with Gasteiger partial charge in [0.2, 0.25) is 11.0 Å². The number of amides is 2. The van der Waals surface area contributed by atoms with Crippen LogP contribution in [0, 0.1) is 24.0 Å². The van der Waals surface area contributed by atoms with Crippen molar-refractivity contribution in [2.45, 2.75) is 26.2 Å². The first kappa shape index (κ1) is 20.6. The Bertz CT molecular complexity index is 1190. The molecule has 0 spiro atoms. The van der Waals surface area contributed by atoms with Gasteiger partial charge in [0.25, 0.3) is 11.6 Å². The number of nitro groups is 1. The van der Waals surface area contributed by atoms with E-state index < -0.39 is 10.8 Å². The van der Waals surface area contributed by atoms with Crippen LogP contribution in [0.5, 0.6) is 0 Å². The Kier molecular flexibility index (Phi) is 5.47. The largest absolute Gasteiger partial charge is 0.311 e. The highest BCUT2D eigenvalue weighted by atomic mass is 32.1. The molecule has 2 aromatic carbocycles. The molecule has 1 N–H and O–H groups in total. The molecule has 1 fully saturated rings. The summed E-state index contributed by atoms with van der Waals surface area (Å²) in [4.78, 5) is 37.5. The summed E-state index contributed by atoms with van der Waals surface area (Å²) in [6.07, 6.45) is 0.320. The highest BCUT2D eigenvalue weighted by Gasteiger charge is 2.34. The second-order valence-electron chi connectivity index (χ2n) is 7.30. The van der Waals surface area contributed by atoms with Crippen molar-refractivity contribution in [3.05, 3.63) is 74.3 Å². The number of hydrogen-bond donors (Lipinski definition) is 1. The Balaban J connectivity index is 1.49. The quantitative estimate of drug-likeness (QED) is 0.479. The number of rotatable bonds is 5. The molecular weight excluding hydrogens is 418 g/mol. The van der Waals surface area contributed by atoms with Crippen LogP contribution in [0.4, 0.5) is 16.5 Å². The highest BCUT2D eigenvalue weighted by molar-refractivity contribution is 7.15. The van der Waals surface area contributed by atoms with Gasteiger partial charge in [-0.3, -0.25) is 25.0 Å². The predicted molar refractivity (Wildman–Crippen MR) is 117 cm³/mol. The van der Waals surface area contributed by atoms with Gasteiger partial charge in [-0.05, 0) is 31.5 Å². The lowest BCUT2D eigenvalue weighted by atomic mass is 10.1. The zero-order valence-corrected chi connectivity index (χ0v) is 17.7. The van der Waals surface area contributed by atoms with Crippen LogP contribution in [0.15, 0.2) is 42.5 Å². The van der Waals surface area contributed by atoms with E-state index in [1.165, 1.54) is 36.5 Å². The van der Waals surface area contributed by atoms with Gasteiger partial charge in [0.15, 0.2) is 0 Å². The molecule has 1 unspecified atom stereocenters. The number of aryl methyl sites for hydroxylation is 1. The molecule has 31 heavy (non-hydrogen) atoms. The Morgan fingerprint density at radius 1 is 1.19 bits per heavy atom. The van der Waals surface area contributed by atoms with E-state index in [4.69, 9.17) is 0 Å². The number of aromatic nitrogens is 2. The smallest absolute Gasteiger partial charge is 0.273 e. The Labute approximate surface area is 181 Å². The van der Waals surface area contributed by atoms with E-state index in [0.717, 1.165) is 11.3 Å². The topological polar surface area (TPSA) is 118 Å². The van der Waals surface area contributed by atoms with Crippen LogP contribution >= 0.6 is 11.3 Å². The van der Waals surface area contributed by atoms with Crippen LogP contribution in [0.2, 0.25) is 0 Å². The molecule has 9 nitrogen and oxygen atoms in total. The molecule has 0 radical (unpaired) electrons. The summed E-state index contributed by atoms with van der Waals surface area (Å²) in [7, 11) is 0. The van der Waals surface area contributed by atoms with Crippen molar-refractivity contribution in [3.8, 4) is 0 Å². The number of carbonyl (C=O) groups excluding carboxylic acids is 2. The number of para-hydroxylation sites is 1. The first-order chi connectivity index (χ1) is 14.8. The lowest BCUT2D eigenvalue weighted by Gasteiger charge is -2.18. The maximum absolute atomic E-state index is 12.6. The molecule has 3 aromatic rings. The summed E-state index contributed by atoms with van der Waals surface area (Å²) in [6, 6.07) is 12.1. The molecule has 1 aromatic heterocycles. The predicted octanol–water partition coefficient (Wildman–Crippen LogP) is 3.84. The maximum Gasteiger partial charge on any atom is 0.273 e. The minimum atomic E-state index is -0.521. The van der Waals surface area contributed by atoms with Crippen LogP contribution in [0.3, 0.4) is 0 Å². The Morgan fingerprint density at radius 3 is 2.71 bits per heavy atom. The van der Waals surface area contributed by atoms with Crippen molar-refractivity contribution in [2.24, 2.45) is 0 Å². The number of carbonyl (C=O) groups is 2. The van der Waals surface area contributed by atoms with E-state index in [9.17, 15) is 19.7 Å². The molecule has 158 valence electrons. The number of nitrogens with zero attached hydrogens (tertiary/aromatic N) is 4. The molecule has 0 saturated carbocycles. The van der Waals surface area contributed by atoms with Gasteiger partial charge in [-0.15, -0.1) is 10.2 Å². The lowest BCUT2D eigenvalue weighted by Crippen LogP contribution is -2.25. The SMILES string of the molecule is Cc1ccccc1N1CC(c2nnc(NC(=O)c3cccc([N+](=O)[O-])c3C)s2)CC1=O. The summed E-state index contributed by atoms with van der Waals surface area (Å²) < 4.78 is 0. The third-order valence-corrected chi connectivity index (χ3v) is 6.29. The number of benzene rings is 2. The summed E-state index contributed by atoms with van der Waals surface area (Å²) in [5.41, 5.74) is 2.27. The summed E-state index contributed by atoms with van der Waals surface area (Å²) in [6.45, 7) is 3.99. The molecule has 0 aliphatic carbocycles. The van der Waals surface area contributed by atoms with Crippen LogP contribution in [0.25, 0.3) is 0 Å². The standard InChI is InChI=1S/C21H19N5O4S/c1-12-6-3-4-8-16(12)25-11-14(10-18(25)27)20-23-24-21(31-20)22-19(28)15-7-5-9-17(13(15)2)26(29)30/h3-9,14H,10-11H2,1-2H3,(H,22,24,28). The van der Waals surface area contributed by atoms with E-state index in [1.807, 2.05) is 31.2 Å². The molecule has 10 heteroatoms. The number of nitrogens with one attached hydrogen (secondary N) is 1. The first-order valence-electron chi connectivity index (χ1n) is 9.60. The molecular formula is C21H19N5O4S. The van der Waals surface area contributed by atoms with Crippen molar-refractivity contribution >= 4 is 39.7 Å². The van der Waals surface area contributed by atoms with Gasteiger partial charge >= 0.3 is 0 Å². The van der Waals surface area contributed by atoms with E-state index in [2.05, 4.69) is 15.5 Å². The Hall–Kier alpha value is -3.66. The molecule has 2 amide bonds. The fraction of sp³-hybridized carbons (Fsp3) is 0.238. The number of hydrogen-bond acceptors (Lipinski definition) is 7. The lowest BCUT2D eigenvalue weighted by molar-refractivity contribution is -0.385. The van der Waals surface area contributed by atoms with Crippen molar-refractivity contribution in [1.82, 2.24) is 10.2 Å². The molecule has 1 atom stereocenters. The van der Waals surface area contributed by atoms with Crippen LogP contribution in [-0.2, 0) is 4.79 Å². The van der Waals surface area contributed by atoms with Gasteiger partial charge in [0, 0.05) is 41.8 Å². The van der Waals surface area contributed by atoms with Gasteiger partial charge in [-0.1, -0.05) is 35.6 Å². The van der Waals surface area contributed by atoms with E-state index in [-0.39, 0.29) is 33.8 Å². The van der Waals surface area contributed by atoms with Crippen molar-refractivity contribution < 1.29 is 14.5 Å².